The third kappa shape index (κ3) is 5.57. The summed E-state index contributed by atoms with van der Waals surface area (Å²) in [6, 6.07) is 12.1. The van der Waals surface area contributed by atoms with E-state index in [0.29, 0.717) is 35.4 Å². The van der Waals surface area contributed by atoms with Gasteiger partial charge in [-0.25, -0.2) is 0 Å². The van der Waals surface area contributed by atoms with Crippen LogP contribution in [0.25, 0.3) is 0 Å². The van der Waals surface area contributed by atoms with Crippen molar-refractivity contribution < 1.29 is 14.3 Å². The molecule has 0 aromatic heterocycles. The van der Waals surface area contributed by atoms with E-state index in [1.54, 1.807) is 31.2 Å². The van der Waals surface area contributed by atoms with Crippen molar-refractivity contribution in [2.24, 2.45) is 0 Å². The van der Waals surface area contributed by atoms with Crippen LogP contribution in [0.4, 0.5) is 11.4 Å². The van der Waals surface area contributed by atoms with Crippen LogP contribution in [0, 0.1) is 0 Å². The molecule has 1 atom stereocenters. The van der Waals surface area contributed by atoms with Gasteiger partial charge in [0.25, 0.3) is 0 Å². The molecule has 0 saturated carbocycles. The summed E-state index contributed by atoms with van der Waals surface area (Å²) >= 11 is 5.85. The van der Waals surface area contributed by atoms with Gasteiger partial charge >= 0.3 is 0 Å². The van der Waals surface area contributed by atoms with Crippen molar-refractivity contribution >= 4 is 28.9 Å². The maximum atomic E-state index is 12.3. The number of rotatable bonds is 8. The van der Waals surface area contributed by atoms with Gasteiger partial charge in [-0.2, -0.15) is 0 Å². The van der Waals surface area contributed by atoms with Gasteiger partial charge in [-0.15, -0.1) is 0 Å². The van der Waals surface area contributed by atoms with Crippen LogP contribution in [-0.2, 0) is 4.79 Å². The lowest BCUT2D eigenvalue weighted by molar-refractivity contribution is -0.116. The Morgan fingerprint density at radius 2 is 1.60 bits per heavy atom. The Bertz CT molecular complexity index is 704. The topological polar surface area (TPSA) is 59.6 Å². The Morgan fingerprint density at radius 1 is 1.00 bits per heavy atom. The lowest BCUT2D eigenvalue weighted by atomic mass is 10.2. The van der Waals surface area contributed by atoms with Crippen molar-refractivity contribution in [2.45, 2.75) is 26.8 Å². The zero-order chi connectivity index (χ0) is 18.2. The van der Waals surface area contributed by atoms with E-state index in [2.05, 4.69) is 10.6 Å². The third-order valence-corrected chi connectivity index (χ3v) is 3.68. The predicted molar refractivity (Wildman–Crippen MR) is 102 cm³/mol. The summed E-state index contributed by atoms with van der Waals surface area (Å²) < 4.78 is 11.1. The Hall–Kier alpha value is -2.40. The van der Waals surface area contributed by atoms with E-state index in [4.69, 9.17) is 21.1 Å². The lowest BCUT2D eigenvalue weighted by Gasteiger charge is -2.17. The molecule has 0 fully saturated rings. The SMILES string of the molecule is CCOc1ccc(N[C@H](C)C(=O)Nc2ccc(Cl)cc2)cc1OCC. The van der Waals surface area contributed by atoms with Crippen LogP contribution in [0.15, 0.2) is 42.5 Å². The Kier molecular flexibility index (Phi) is 6.95. The van der Waals surface area contributed by atoms with Crippen LogP contribution in [0.2, 0.25) is 5.02 Å². The summed E-state index contributed by atoms with van der Waals surface area (Å²) in [6.45, 7) is 6.73. The van der Waals surface area contributed by atoms with Gasteiger partial charge in [-0.05, 0) is 57.2 Å². The second-order valence-corrected chi connectivity index (χ2v) is 5.83. The summed E-state index contributed by atoms with van der Waals surface area (Å²) in [7, 11) is 0. The second kappa shape index (κ2) is 9.18. The average molecular weight is 363 g/mol. The first kappa shape index (κ1) is 18.9. The Balaban J connectivity index is 2.03. The van der Waals surface area contributed by atoms with Crippen molar-refractivity contribution in [3.63, 3.8) is 0 Å². The minimum Gasteiger partial charge on any atom is -0.490 e. The molecule has 0 heterocycles. The molecule has 0 aliphatic heterocycles. The van der Waals surface area contributed by atoms with Crippen LogP contribution in [0.5, 0.6) is 11.5 Å². The van der Waals surface area contributed by atoms with E-state index in [1.165, 1.54) is 0 Å². The summed E-state index contributed by atoms with van der Waals surface area (Å²) in [5, 5.41) is 6.64. The third-order valence-electron chi connectivity index (χ3n) is 3.43. The summed E-state index contributed by atoms with van der Waals surface area (Å²) in [4.78, 5) is 12.3. The molecule has 0 spiro atoms. The molecular weight excluding hydrogens is 340 g/mol. The number of carbonyl (C=O) groups excluding carboxylic acids is 1. The molecule has 0 aliphatic rings. The molecule has 0 unspecified atom stereocenters. The van der Waals surface area contributed by atoms with Gasteiger partial charge in [-0.3, -0.25) is 4.79 Å². The molecule has 0 radical (unpaired) electrons. The molecule has 5 nitrogen and oxygen atoms in total. The molecule has 1 amide bonds. The Morgan fingerprint density at radius 3 is 2.24 bits per heavy atom. The van der Waals surface area contributed by atoms with Crippen LogP contribution in [0.3, 0.4) is 0 Å². The first-order chi connectivity index (χ1) is 12.0. The number of amides is 1. The summed E-state index contributed by atoms with van der Waals surface area (Å²) in [5.74, 6) is 1.20. The fourth-order valence-electron chi connectivity index (χ4n) is 2.24. The normalized spacial score (nSPS) is 11.5. The number of benzene rings is 2. The van der Waals surface area contributed by atoms with E-state index in [0.717, 1.165) is 5.69 Å². The van der Waals surface area contributed by atoms with Crippen molar-refractivity contribution in [3.05, 3.63) is 47.5 Å². The van der Waals surface area contributed by atoms with Crippen LogP contribution >= 0.6 is 11.6 Å². The van der Waals surface area contributed by atoms with Gasteiger partial charge in [0.05, 0.1) is 13.2 Å². The van der Waals surface area contributed by atoms with Crippen LogP contribution in [0.1, 0.15) is 20.8 Å². The van der Waals surface area contributed by atoms with E-state index in [1.807, 2.05) is 32.0 Å². The summed E-state index contributed by atoms with van der Waals surface area (Å²) in [6.07, 6.45) is 0. The minimum atomic E-state index is -0.428. The molecular formula is C19H23ClN2O3. The number of hydrogen-bond acceptors (Lipinski definition) is 4. The average Bonchev–Trinajstić information content (AvgIpc) is 2.59. The maximum absolute atomic E-state index is 12.3. The van der Waals surface area contributed by atoms with Crippen molar-refractivity contribution in [1.82, 2.24) is 0 Å². The predicted octanol–water partition coefficient (Wildman–Crippen LogP) is 4.58. The second-order valence-electron chi connectivity index (χ2n) is 5.39. The Labute approximate surface area is 153 Å². The first-order valence-electron chi connectivity index (χ1n) is 8.26. The van der Waals surface area contributed by atoms with E-state index >= 15 is 0 Å². The van der Waals surface area contributed by atoms with Gasteiger partial charge in [0.2, 0.25) is 5.91 Å². The van der Waals surface area contributed by atoms with E-state index in [-0.39, 0.29) is 5.91 Å². The first-order valence-corrected chi connectivity index (χ1v) is 8.63. The maximum Gasteiger partial charge on any atom is 0.246 e. The van der Waals surface area contributed by atoms with Gasteiger partial charge < -0.3 is 20.1 Å². The molecule has 0 saturated heterocycles. The fraction of sp³-hybridized carbons (Fsp3) is 0.316. The number of ether oxygens (including phenoxy) is 2. The number of nitrogens with one attached hydrogen (secondary N) is 2. The van der Waals surface area contributed by atoms with Crippen LogP contribution < -0.4 is 20.1 Å². The van der Waals surface area contributed by atoms with E-state index < -0.39 is 6.04 Å². The number of carbonyl (C=O) groups is 1. The summed E-state index contributed by atoms with van der Waals surface area (Å²) in [5.41, 5.74) is 1.48. The van der Waals surface area contributed by atoms with Crippen molar-refractivity contribution in [3.8, 4) is 11.5 Å². The zero-order valence-corrected chi connectivity index (χ0v) is 15.4. The molecule has 0 aliphatic carbocycles. The van der Waals surface area contributed by atoms with Crippen LogP contribution in [-0.4, -0.2) is 25.2 Å². The van der Waals surface area contributed by atoms with Gasteiger partial charge in [0.1, 0.15) is 6.04 Å². The molecule has 134 valence electrons. The smallest absolute Gasteiger partial charge is 0.246 e. The number of hydrogen-bond donors (Lipinski definition) is 2. The fourth-order valence-corrected chi connectivity index (χ4v) is 2.37. The molecule has 2 aromatic carbocycles. The molecule has 6 heteroatoms. The van der Waals surface area contributed by atoms with Gasteiger partial charge in [0, 0.05) is 22.5 Å². The lowest BCUT2D eigenvalue weighted by Crippen LogP contribution is -2.31. The highest BCUT2D eigenvalue weighted by atomic mass is 35.5. The molecule has 2 rings (SSSR count). The van der Waals surface area contributed by atoms with Gasteiger partial charge in [0.15, 0.2) is 11.5 Å². The quantitative estimate of drug-likeness (QED) is 0.721. The zero-order valence-electron chi connectivity index (χ0n) is 14.6. The molecule has 25 heavy (non-hydrogen) atoms. The molecule has 2 N–H and O–H groups in total. The highest BCUT2D eigenvalue weighted by molar-refractivity contribution is 6.30. The molecule has 2 aromatic rings. The van der Waals surface area contributed by atoms with Crippen molar-refractivity contribution in [2.75, 3.05) is 23.8 Å². The largest absolute Gasteiger partial charge is 0.490 e. The highest BCUT2D eigenvalue weighted by Gasteiger charge is 2.14. The van der Waals surface area contributed by atoms with Crippen molar-refractivity contribution in [1.29, 1.82) is 0 Å². The monoisotopic (exact) mass is 362 g/mol. The molecule has 0 bridgehead atoms. The standard InChI is InChI=1S/C19H23ClN2O3/c1-4-24-17-11-10-16(12-18(17)25-5-2)21-13(3)19(23)22-15-8-6-14(20)7-9-15/h6-13,21H,4-5H2,1-3H3,(H,22,23)/t13-/m1/s1. The van der Waals surface area contributed by atoms with Gasteiger partial charge in [-0.1, -0.05) is 11.6 Å². The number of halogens is 1. The van der Waals surface area contributed by atoms with E-state index in [9.17, 15) is 4.79 Å². The highest BCUT2D eigenvalue weighted by Crippen LogP contribution is 2.31. The number of anilines is 2. The minimum absolute atomic E-state index is 0.144.